The second kappa shape index (κ2) is 8.66. The van der Waals surface area contributed by atoms with Crippen molar-refractivity contribution in [2.45, 2.75) is 78.7 Å². The molecule has 0 amide bonds. The first-order valence-corrected chi connectivity index (χ1v) is 12.3. The van der Waals surface area contributed by atoms with E-state index in [4.69, 9.17) is 4.74 Å². The molecule has 1 heterocycles. The number of hydrogen-bond donors (Lipinski definition) is 0. The smallest absolute Gasteiger partial charge is 0.223 e. The normalized spacial score (nSPS) is 19.5. The summed E-state index contributed by atoms with van der Waals surface area (Å²) in [6.07, 6.45) is 7.00. The van der Waals surface area contributed by atoms with Gasteiger partial charge in [0.15, 0.2) is 0 Å². The van der Waals surface area contributed by atoms with E-state index in [9.17, 15) is 4.79 Å². The van der Waals surface area contributed by atoms with Gasteiger partial charge in [-0.05, 0) is 58.9 Å². The number of ether oxygens (including phenoxy) is 1. The summed E-state index contributed by atoms with van der Waals surface area (Å²) in [6.45, 7) is 12.6. The van der Waals surface area contributed by atoms with Crippen molar-refractivity contribution in [1.29, 1.82) is 0 Å². The van der Waals surface area contributed by atoms with Crippen LogP contribution >= 0.6 is 22.6 Å². The van der Waals surface area contributed by atoms with Crippen LogP contribution in [0.1, 0.15) is 89.1 Å². The SMILES string of the molecule is CCC(C)(CC)C(CC)(CC)CCC1(c2cccc3cccc(C(=O)I)c23)CO1. The van der Waals surface area contributed by atoms with Gasteiger partial charge >= 0.3 is 0 Å². The molecule has 0 N–H and O–H groups in total. The number of rotatable bonds is 10. The van der Waals surface area contributed by atoms with Gasteiger partial charge in [-0.1, -0.05) is 77.8 Å². The Kier molecular flexibility index (Phi) is 6.79. The predicted octanol–water partition coefficient (Wildman–Crippen LogP) is 8.05. The van der Waals surface area contributed by atoms with Gasteiger partial charge in [0.25, 0.3) is 0 Å². The van der Waals surface area contributed by atoms with E-state index in [0.717, 1.165) is 35.8 Å². The summed E-state index contributed by atoms with van der Waals surface area (Å²) >= 11 is 1.91. The third-order valence-corrected chi connectivity index (χ3v) is 8.88. The quantitative estimate of drug-likeness (QED) is 0.185. The van der Waals surface area contributed by atoms with Crippen molar-refractivity contribution in [3.63, 3.8) is 0 Å². The lowest BCUT2D eigenvalue weighted by Crippen LogP contribution is -2.39. The van der Waals surface area contributed by atoms with E-state index < -0.39 is 0 Å². The second-order valence-corrected chi connectivity index (χ2v) is 10.0. The van der Waals surface area contributed by atoms with Gasteiger partial charge in [-0.15, -0.1) is 0 Å². The van der Waals surface area contributed by atoms with Crippen LogP contribution in [-0.4, -0.2) is 10.4 Å². The molecule has 1 atom stereocenters. The number of benzene rings is 2. The first-order valence-electron chi connectivity index (χ1n) is 11.2. The second-order valence-electron chi connectivity index (χ2n) is 9.02. The lowest BCUT2D eigenvalue weighted by atomic mass is 9.56. The Morgan fingerprint density at radius 3 is 2.10 bits per heavy atom. The molecule has 2 aromatic rings. The van der Waals surface area contributed by atoms with Crippen molar-refractivity contribution in [2.24, 2.45) is 10.8 Å². The van der Waals surface area contributed by atoms with Crippen molar-refractivity contribution < 1.29 is 9.53 Å². The lowest BCUT2D eigenvalue weighted by Gasteiger charge is -2.49. The molecule has 0 bridgehead atoms. The van der Waals surface area contributed by atoms with E-state index in [1.807, 2.05) is 34.7 Å². The highest BCUT2D eigenvalue weighted by atomic mass is 127. The zero-order valence-electron chi connectivity index (χ0n) is 18.6. The van der Waals surface area contributed by atoms with Crippen molar-refractivity contribution >= 4 is 37.2 Å². The molecule has 0 aliphatic carbocycles. The minimum absolute atomic E-state index is 0.0949. The number of carbonyl (C=O) groups excluding carboxylic acids is 1. The molecule has 0 spiro atoms. The topological polar surface area (TPSA) is 29.6 Å². The van der Waals surface area contributed by atoms with E-state index in [0.29, 0.717) is 10.8 Å². The van der Waals surface area contributed by atoms with Crippen LogP contribution in [0.5, 0.6) is 0 Å². The van der Waals surface area contributed by atoms with E-state index in [2.05, 4.69) is 58.9 Å². The lowest BCUT2D eigenvalue weighted by molar-refractivity contribution is 0.0133. The number of halogens is 1. The molecular formula is C26H35IO2. The molecule has 3 rings (SSSR count). The number of epoxide rings is 1. The average Bonchev–Trinajstić information content (AvgIpc) is 3.54. The van der Waals surface area contributed by atoms with E-state index >= 15 is 0 Å². The van der Waals surface area contributed by atoms with Crippen LogP contribution in [0.15, 0.2) is 36.4 Å². The van der Waals surface area contributed by atoms with Gasteiger partial charge in [-0.25, -0.2) is 0 Å². The Hall–Kier alpha value is -0.940. The van der Waals surface area contributed by atoms with Crippen LogP contribution in [0.4, 0.5) is 0 Å². The summed E-state index contributed by atoms with van der Waals surface area (Å²) in [4.78, 5) is 12.3. The Morgan fingerprint density at radius 2 is 1.62 bits per heavy atom. The first kappa shape index (κ1) is 22.7. The van der Waals surface area contributed by atoms with Gasteiger partial charge in [-0.2, -0.15) is 0 Å². The Labute approximate surface area is 189 Å². The minimum Gasteiger partial charge on any atom is -0.364 e. The summed E-state index contributed by atoms with van der Waals surface area (Å²) in [6, 6.07) is 12.4. The summed E-state index contributed by atoms with van der Waals surface area (Å²) in [5.41, 5.74) is 2.43. The maximum absolute atomic E-state index is 12.3. The van der Waals surface area contributed by atoms with Gasteiger partial charge < -0.3 is 4.74 Å². The fraction of sp³-hybridized carbons (Fsp3) is 0.577. The van der Waals surface area contributed by atoms with Crippen LogP contribution in [0.25, 0.3) is 10.8 Å². The molecule has 2 nitrogen and oxygen atoms in total. The zero-order chi connectivity index (χ0) is 21.3. The molecule has 3 heteroatoms. The molecule has 0 aromatic heterocycles. The fourth-order valence-corrected chi connectivity index (χ4v) is 6.06. The Morgan fingerprint density at radius 1 is 1.03 bits per heavy atom. The van der Waals surface area contributed by atoms with Crippen LogP contribution in [0.3, 0.4) is 0 Å². The molecule has 1 saturated heterocycles. The van der Waals surface area contributed by atoms with Crippen LogP contribution < -0.4 is 0 Å². The predicted molar refractivity (Wildman–Crippen MR) is 131 cm³/mol. The summed E-state index contributed by atoms with van der Waals surface area (Å²) in [5.74, 6) is 0. The monoisotopic (exact) mass is 506 g/mol. The molecule has 2 aromatic carbocycles. The van der Waals surface area contributed by atoms with Crippen molar-refractivity contribution in [2.75, 3.05) is 6.61 Å². The molecule has 1 aliphatic rings. The number of hydrogen-bond acceptors (Lipinski definition) is 2. The highest BCUT2D eigenvalue weighted by Crippen LogP contribution is 2.56. The molecule has 0 radical (unpaired) electrons. The van der Waals surface area contributed by atoms with E-state index in [1.54, 1.807) is 0 Å². The van der Waals surface area contributed by atoms with Gasteiger partial charge in [0.1, 0.15) is 5.60 Å². The van der Waals surface area contributed by atoms with Gasteiger partial charge in [0, 0.05) is 28.2 Å². The number of carbonyl (C=O) groups is 1. The Balaban J connectivity index is 2.00. The molecular weight excluding hydrogens is 471 g/mol. The van der Waals surface area contributed by atoms with Crippen LogP contribution in [0, 0.1) is 10.8 Å². The molecule has 158 valence electrons. The summed E-state index contributed by atoms with van der Waals surface area (Å²) in [7, 11) is 0. The fourth-order valence-electron chi connectivity index (χ4n) is 5.61. The average molecular weight is 506 g/mol. The molecule has 1 unspecified atom stereocenters. The highest BCUT2D eigenvalue weighted by molar-refractivity contribution is 14.1. The molecule has 1 fully saturated rings. The summed E-state index contributed by atoms with van der Waals surface area (Å²) < 4.78 is 6.27. The van der Waals surface area contributed by atoms with E-state index in [1.165, 1.54) is 31.2 Å². The van der Waals surface area contributed by atoms with Crippen molar-refractivity contribution in [3.8, 4) is 0 Å². The zero-order valence-corrected chi connectivity index (χ0v) is 20.8. The highest BCUT2D eigenvalue weighted by Gasteiger charge is 2.51. The third kappa shape index (κ3) is 3.89. The Bertz CT molecular complexity index is 868. The third-order valence-electron chi connectivity index (χ3n) is 8.30. The summed E-state index contributed by atoms with van der Waals surface area (Å²) in [5, 5.41) is 2.21. The first-order chi connectivity index (χ1) is 13.8. The van der Waals surface area contributed by atoms with Gasteiger partial charge in [-0.3, -0.25) is 4.79 Å². The van der Waals surface area contributed by atoms with Gasteiger partial charge in [0.2, 0.25) is 3.79 Å². The van der Waals surface area contributed by atoms with E-state index in [-0.39, 0.29) is 9.39 Å². The molecule has 1 aliphatic heterocycles. The van der Waals surface area contributed by atoms with Crippen LogP contribution in [0.2, 0.25) is 0 Å². The molecule has 0 saturated carbocycles. The maximum atomic E-state index is 12.3. The maximum Gasteiger partial charge on any atom is 0.223 e. The van der Waals surface area contributed by atoms with Crippen molar-refractivity contribution in [1.82, 2.24) is 0 Å². The van der Waals surface area contributed by atoms with Crippen molar-refractivity contribution in [3.05, 3.63) is 47.5 Å². The number of fused-ring (bicyclic) bond motifs is 1. The van der Waals surface area contributed by atoms with Gasteiger partial charge in [0.05, 0.1) is 6.61 Å². The standard InChI is InChI=1S/C26H35IO2/c1-6-24(5,7-2)25(8-3,9-4)16-17-26(18-29-26)21-15-11-13-19-12-10-14-20(22(19)21)23(27)28/h10-15H,6-9,16-18H2,1-5H3. The molecule has 29 heavy (non-hydrogen) atoms. The minimum atomic E-state index is -0.236. The largest absolute Gasteiger partial charge is 0.364 e. The van der Waals surface area contributed by atoms with Crippen LogP contribution in [-0.2, 0) is 10.3 Å².